The quantitative estimate of drug-likeness (QED) is 0.198. The van der Waals surface area contributed by atoms with Crippen LogP contribution in [0.15, 0.2) is 52.4 Å². The van der Waals surface area contributed by atoms with Crippen molar-refractivity contribution in [1.29, 1.82) is 0 Å². The fraction of sp³-hybridized carbons (Fsp3) is 0.387. The minimum absolute atomic E-state index is 0.146. The number of ether oxygens (including phenoxy) is 3. The van der Waals surface area contributed by atoms with E-state index in [1.54, 1.807) is 63.2 Å². The third kappa shape index (κ3) is 9.63. The number of amidine groups is 1. The number of hydrogen-bond donors (Lipinski definition) is 4. The van der Waals surface area contributed by atoms with Crippen LogP contribution in [-0.2, 0) is 19.1 Å². The van der Waals surface area contributed by atoms with Crippen LogP contribution >= 0.6 is 11.8 Å². The standard InChI is InChI=1S/C31H39N5O8S/c1-18(27(39)35-21(26(32)38)13-10-14-33-30(41)44-31(2,3)4)36-28(40)24(45-29(36)34-20-11-8-7-9-12-20)17-19-15-22(42-5)25(37)23(16-19)43-6/h7-9,11-12,15-18,21,37H,10,13-14H2,1-6H3,(H2,32,38)(H,33,41)(H,35,39)/b24-17-,34-29?/t18-,21-/m0/s1. The van der Waals surface area contributed by atoms with Gasteiger partial charge in [0.1, 0.15) is 17.7 Å². The second kappa shape index (κ2) is 15.3. The van der Waals surface area contributed by atoms with Crippen molar-refractivity contribution < 1.29 is 38.5 Å². The Bertz CT molecular complexity index is 1450. The summed E-state index contributed by atoms with van der Waals surface area (Å²) < 4.78 is 15.7. The number of hydrogen-bond acceptors (Lipinski definition) is 10. The highest BCUT2D eigenvalue weighted by Gasteiger charge is 2.40. The molecule has 3 rings (SSSR count). The van der Waals surface area contributed by atoms with Gasteiger partial charge in [-0.05, 0) is 88.2 Å². The minimum Gasteiger partial charge on any atom is -0.502 e. The van der Waals surface area contributed by atoms with E-state index in [1.165, 1.54) is 26.0 Å². The number of thioether (sulfide) groups is 1. The Kier molecular flexibility index (Phi) is 11.8. The van der Waals surface area contributed by atoms with Crippen LogP contribution in [0.4, 0.5) is 10.5 Å². The Hall–Kier alpha value is -4.72. The molecule has 4 amide bonds. The van der Waals surface area contributed by atoms with Gasteiger partial charge in [0.2, 0.25) is 17.6 Å². The van der Waals surface area contributed by atoms with Crippen LogP contribution in [0.3, 0.4) is 0 Å². The van der Waals surface area contributed by atoms with Crippen molar-refractivity contribution >= 4 is 52.5 Å². The summed E-state index contributed by atoms with van der Waals surface area (Å²) in [5.41, 5.74) is 5.98. The number of para-hydroxylation sites is 1. The van der Waals surface area contributed by atoms with Gasteiger partial charge in [0, 0.05) is 6.54 Å². The lowest BCUT2D eigenvalue weighted by atomic mass is 10.1. The molecule has 0 radical (unpaired) electrons. The molecule has 0 bridgehead atoms. The fourth-order valence-corrected chi connectivity index (χ4v) is 5.24. The first kappa shape index (κ1) is 34.8. The Morgan fingerprint density at radius 1 is 1.11 bits per heavy atom. The Labute approximate surface area is 266 Å². The summed E-state index contributed by atoms with van der Waals surface area (Å²) in [5.74, 6) is -1.76. The predicted molar refractivity (Wildman–Crippen MR) is 171 cm³/mol. The number of rotatable bonds is 12. The van der Waals surface area contributed by atoms with E-state index >= 15 is 0 Å². The number of phenols is 1. The van der Waals surface area contributed by atoms with Crippen LogP contribution in [0.2, 0.25) is 0 Å². The van der Waals surface area contributed by atoms with Crippen molar-refractivity contribution in [3.8, 4) is 17.2 Å². The molecule has 13 nitrogen and oxygen atoms in total. The molecule has 2 atom stereocenters. The molecule has 45 heavy (non-hydrogen) atoms. The molecule has 2 aromatic carbocycles. The summed E-state index contributed by atoms with van der Waals surface area (Å²) in [6.07, 6.45) is 1.45. The van der Waals surface area contributed by atoms with Gasteiger partial charge in [0.15, 0.2) is 16.7 Å². The summed E-state index contributed by atoms with van der Waals surface area (Å²) in [6.45, 7) is 6.94. The number of amides is 4. The second-order valence-electron chi connectivity index (χ2n) is 11.0. The van der Waals surface area contributed by atoms with E-state index in [4.69, 9.17) is 19.9 Å². The molecule has 1 aliphatic rings. The van der Waals surface area contributed by atoms with E-state index in [2.05, 4.69) is 15.6 Å². The van der Waals surface area contributed by atoms with Gasteiger partial charge in [-0.2, -0.15) is 0 Å². The summed E-state index contributed by atoms with van der Waals surface area (Å²) in [6, 6.07) is 9.89. The van der Waals surface area contributed by atoms with Crippen LogP contribution in [0, 0.1) is 0 Å². The van der Waals surface area contributed by atoms with Crippen LogP contribution in [0.5, 0.6) is 17.2 Å². The monoisotopic (exact) mass is 641 g/mol. The van der Waals surface area contributed by atoms with Crippen molar-refractivity contribution in [3.05, 3.63) is 52.9 Å². The molecule has 1 heterocycles. The number of nitrogens with two attached hydrogens (primary N) is 1. The van der Waals surface area contributed by atoms with Crippen molar-refractivity contribution in [2.45, 2.75) is 58.2 Å². The molecule has 2 aromatic rings. The lowest BCUT2D eigenvalue weighted by molar-refractivity contribution is -0.134. The Balaban J connectivity index is 1.82. The summed E-state index contributed by atoms with van der Waals surface area (Å²) >= 11 is 1.06. The summed E-state index contributed by atoms with van der Waals surface area (Å²) in [7, 11) is 2.79. The number of nitrogens with one attached hydrogen (secondary N) is 2. The van der Waals surface area contributed by atoms with Crippen LogP contribution in [0.1, 0.15) is 46.1 Å². The maximum absolute atomic E-state index is 13.7. The van der Waals surface area contributed by atoms with Gasteiger partial charge in [-0.25, -0.2) is 9.79 Å². The van der Waals surface area contributed by atoms with Crippen LogP contribution < -0.4 is 25.8 Å². The van der Waals surface area contributed by atoms with E-state index in [0.717, 1.165) is 11.8 Å². The maximum atomic E-state index is 13.7. The number of carbonyl (C=O) groups excluding carboxylic acids is 4. The summed E-state index contributed by atoms with van der Waals surface area (Å²) in [5, 5.41) is 15.8. The number of carbonyl (C=O) groups is 4. The molecule has 0 aromatic heterocycles. The van der Waals surface area contributed by atoms with Gasteiger partial charge < -0.3 is 35.7 Å². The first-order valence-corrected chi connectivity index (χ1v) is 14.9. The fourth-order valence-electron chi connectivity index (χ4n) is 4.17. The van der Waals surface area contributed by atoms with Gasteiger partial charge >= 0.3 is 6.09 Å². The highest BCUT2D eigenvalue weighted by atomic mass is 32.2. The molecule has 14 heteroatoms. The number of methoxy groups -OCH3 is 2. The smallest absolute Gasteiger partial charge is 0.407 e. The number of primary amides is 1. The highest BCUT2D eigenvalue weighted by molar-refractivity contribution is 8.18. The first-order chi connectivity index (χ1) is 21.2. The maximum Gasteiger partial charge on any atom is 0.407 e. The van der Waals surface area contributed by atoms with E-state index in [1.807, 2.05) is 6.07 Å². The van der Waals surface area contributed by atoms with Gasteiger partial charge in [-0.15, -0.1) is 0 Å². The molecule has 0 aliphatic carbocycles. The molecule has 242 valence electrons. The van der Waals surface area contributed by atoms with Crippen molar-refractivity contribution in [1.82, 2.24) is 15.5 Å². The molecular formula is C31H39N5O8S. The first-order valence-electron chi connectivity index (χ1n) is 14.1. The van der Waals surface area contributed by atoms with E-state index in [9.17, 15) is 24.3 Å². The second-order valence-corrected chi connectivity index (χ2v) is 12.0. The lowest BCUT2D eigenvalue weighted by Gasteiger charge is -2.25. The van der Waals surface area contributed by atoms with Crippen molar-refractivity contribution in [3.63, 3.8) is 0 Å². The van der Waals surface area contributed by atoms with E-state index in [-0.39, 0.29) is 40.3 Å². The zero-order chi connectivity index (χ0) is 33.3. The zero-order valence-corrected chi connectivity index (χ0v) is 26.9. The molecule has 1 aliphatic heterocycles. The van der Waals surface area contributed by atoms with Gasteiger partial charge in [-0.3, -0.25) is 19.3 Å². The summed E-state index contributed by atoms with van der Waals surface area (Å²) in [4.78, 5) is 57.3. The molecule has 0 saturated carbocycles. The minimum atomic E-state index is -1.08. The molecule has 1 fully saturated rings. The van der Waals surface area contributed by atoms with E-state index < -0.39 is 41.5 Å². The topological polar surface area (TPSA) is 182 Å². The average molecular weight is 642 g/mol. The normalized spacial score (nSPS) is 16.3. The Morgan fingerprint density at radius 3 is 2.29 bits per heavy atom. The van der Waals surface area contributed by atoms with Crippen molar-refractivity contribution in [2.75, 3.05) is 20.8 Å². The molecule has 0 spiro atoms. The number of aliphatic imine (C=N–C) groups is 1. The number of benzene rings is 2. The largest absolute Gasteiger partial charge is 0.502 e. The molecule has 1 saturated heterocycles. The molecule has 0 unspecified atom stereocenters. The molecule has 5 N–H and O–H groups in total. The average Bonchev–Trinajstić information content (AvgIpc) is 3.27. The van der Waals surface area contributed by atoms with Gasteiger partial charge in [0.25, 0.3) is 5.91 Å². The third-order valence-electron chi connectivity index (χ3n) is 6.38. The van der Waals surface area contributed by atoms with E-state index in [0.29, 0.717) is 17.7 Å². The SMILES string of the molecule is COc1cc(/C=C2\SC(=Nc3ccccc3)N([C@@H](C)C(=O)N[C@@H](CCCNC(=O)OC(C)(C)C)C(N)=O)C2=O)cc(OC)c1O. The van der Waals surface area contributed by atoms with Gasteiger partial charge in [0.05, 0.1) is 24.8 Å². The third-order valence-corrected chi connectivity index (χ3v) is 7.37. The number of alkyl carbamates (subject to hydrolysis) is 1. The Morgan fingerprint density at radius 2 is 1.73 bits per heavy atom. The number of nitrogens with zero attached hydrogens (tertiary/aromatic N) is 2. The molecular weight excluding hydrogens is 602 g/mol. The van der Waals surface area contributed by atoms with Crippen molar-refractivity contribution in [2.24, 2.45) is 10.7 Å². The van der Waals surface area contributed by atoms with Crippen LogP contribution in [-0.4, -0.2) is 77.4 Å². The lowest BCUT2D eigenvalue weighted by Crippen LogP contribution is -2.53. The predicted octanol–water partition coefficient (Wildman–Crippen LogP) is 3.68. The van der Waals surface area contributed by atoms with Crippen LogP contribution in [0.25, 0.3) is 6.08 Å². The highest BCUT2D eigenvalue weighted by Crippen LogP contribution is 2.40. The number of aromatic hydroxyl groups is 1. The zero-order valence-electron chi connectivity index (χ0n) is 26.1. The number of phenolic OH excluding ortho intramolecular Hbond substituents is 1. The van der Waals surface area contributed by atoms with Gasteiger partial charge in [-0.1, -0.05) is 18.2 Å².